The molecule has 1 amide bonds. The number of carbonyl (C=O) groups excluding carboxylic acids is 1. The number of ether oxygens (including phenoxy) is 2. The Morgan fingerprint density at radius 1 is 1.15 bits per heavy atom. The van der Waals surface area contributed by atoms with Gasteiger partial charge in [-0.3, -0.25) is 9.69 Å². The summed E-state index contributed by atoms with van der Waals surface area (Å²) in [5, 5.41) is 2.63. The molecule has 3 rings (SSSR count). The molecule has 2 aromatic carbocycles. The number of nitrogens with zero attached hydrogens (tertiary/aromatic N) is 1. The van der Waals surface area contributed by atoms with Gasteiger partial charge in [0, 0.05) is 19.5 Å². The number of halogens is 1. The van der Waals surface area contributed by atoms with Gasteiger partial charge in [0.1, 0.15) is 18.5 Å². The largest absolute Gasteiger partial charge is 0.486 e. The van der Waals surface area contributed by atoms with Crippen molar-refractivity contribution in [3.63, 3.8) is 0 Å². The molecule has 0 saturated heterocycles. The molecular weight excluding hydrogens is 347 g/mol. The summed E-state index contributed by atoms with van der Waals surface area (Å²) in [4.78, 5) is 14.4. The van der Waals surface area contributed by atoms with Gasteiger partial charge in [-0.1, -0.05) is 31.2 Å². The lowest BCUT2D eigenvalue weighted by molar-refractivity contribution is -0.116. The van der Waals surface area contributed by atoms with E-state index in [1.165, 1.54) is 6.07 Å². The first-order valence-corrected chi connectivity index (χ1v) is 9.31. The Hall–Kier alpha value is -2.60. The maximum absolute atomic E-state index is 13.6. The molecule has 1 aliphatic heterocycles. The summed E-state index contributed by atoms with van der Waals surface area (Å²) in [5.74, 6) is 0.887. The highest BCUT2D eigenvalue weighted by Crippen LogP contribution is 2.31. The van der Waals surface area contributed by atoms with Crippen molar-refractivity contribution < 1.29 is 18.7 Å². The Kier molecular flexibility index (Phi) is 6.65. The third-order valence-electron chi connectivity index (χ3n) is 4.37. The van der Waals surface area contributed by atoms with E-state index in [-0.39, 0.29) is 17.7 Å². The molecule has 0 bridgehead atoms. The lowest BCUT2D eigenvalue weighted by atomic mass is 10.2. The van der Waals surface area contributed by atoms with Gasteiger partial charge >= 0.3 is 0 Å². The number of rotatable bonds is 8. The number of para-hydroxylation sites is 3. The minimum atomic E-state index is -0.428. The van der Waals surface area contributed by atoms with Crippen LogP contribution in [-0.4, -0.2) is 43.2 Å². The van der Waals surface area contributed by atoms with Gasteiger partial charge in [0.15, 0.2) is 11.5 Å². The monoisotopic (exact) mass is 372 g/mol. The smallest absolute Gasteiger partial charge is 0.225 e. The second-order valence-corrected chi connectivity index (χ2v) is 6.58. The number of anilines is 1. The summed E-state index contributed by atoms with van der Waals surface area (Å²) in [7, 11) is 0. The number of carbonyl (C=O) groups is 1. The van der Waals surface area contributed by atoms with E-state index in [1.807, 2.05) is 24.3 Å². The second kappa shape index (κ2) is 9.37. The van der Waals surface area contributed by atoms with E-state index in [0.717, 1.165) is 24.5 Å². The summed E-state index contributed by atoms with van der Waals surface area (Å²) in [6.07, 6.45) is 1.18. The topological polar surface area (TPSA) is 50.8 Å². The predicted molar refractivity (Wildman–Crippen MR) is 103 cm³/mol. The summed E-state index contributed by atoms with van der Waals surface area (Å²) in [6.45, 7) is 4.69. The van der Waals surface area contributed by atoms with Crippen molar-refractivity contribution in [2.75, 3.05) is 31.6 Å². The average Bonchev–Trinajstić information content (AvgIpc) is 2.68. The molecule has 1 N–H and O–H groups in total. The quantitative estimate of drug-likeness (QED) is 0.768. The highest BCUT2D eigenvalue weighted by molar-refractivity contribution is 5.90. The lowest BCUT2D eigenvalue weighted by Crippen LogP contribution is -2.42. The third kappa shape index (κ3) is 5.44. The Balaban J connectivity index is 1.50. The van der Waals surface area contributed by atoms with Gasteiger partial charge in [-0.05, 0) is 37.2 Å². The van der Waals surface area contributed by atoms with Gasteiger partial charge in [0.05, 0.1) is 5.69 Å². The SMILES string of the molecule is CCCN(CCC(=O)Nc1ccccc1F)CC1COc2ccccc2O1. The normalized spacial score (nSPS) is 15.6. The van der Waals surface area contributed by atoms with Gasteiger partial charge in [-0.15, -0.1) is 0 Å². The number of nitrogens with one attached hydrogen (secondary N) is 1. The highest BCUT2D eigenvalue weighted by atomic mass is 19.1. The van der Waals surface area contributed by atoms with Crippen LogP contribution in [0.15, 0.2) is 48.5 Å². The molecule has 6 heteroatoms. The van der Waals surface area contributed by atoms with Gasteiger partial charge in [0.2, 0.25) is 5.91 Å². The van der Waals surface area contributed by atoms with Gasteiger partial charge in [-0.25, -0.2) is 4.39 Å². The molecule has 1 heterocycles. The van der Waals surface area contributed by atoms with Crippen LogP contribution in [0.4, 0.5) is 10.1 Å². The summed E-state index contributed by atoms with van der Waals surface area (Å²) in [6, 6.07) is 13.8. The van der Waals surface area contributed by atoms with Crippen LogP contribution in [-0.2, 0) is 4.79 Å². The first-order valence-electron chi connectivity index (χ1n) is 9.31. The van der Waals surface area contributed by atoms with Gasteiger partial charge in [0.25, 0.3) is 0 Å². The number of fused-ring (bicyclic) bond motifs is 1. The second-order valence-electron chi connectivity index (χ2n) is 6.58. The summed E-state index contributed by atoms with van der Waals surface area (Å²) >= 11 is 0. The first-order chi connectivity index (χ1) is 13.2. The van der Waals surface area contributed by atoms with Crippen LogP contribution < -0.4 is 14.8 Å². The number of amides is 1. The van der Waals surface area contributed by atoms with Crippen molar-refractivity contribution in [1.29, 1.82) is 0 Å². The molecule has 5 nitrogen and oxygen atoms in total. The molecule has 0 aliphatic carbocycles. The first kappa shape index (κ1) is 19.2. The van der Waals surface area contributed by atoms with Crippen molar-refractivity contribution in [3.05, 3.63) is 54.3 Å². The van der Waals surface area contributed by atoms with Crippen molar-refractivity contribution in [1.82, 2.24) is 4.90 Å². The zero-order chi connectivity index (χ0) is 19.1. The Labute approximate surface area is 159 Å². The zero-order valence-corrected chi connectivity index (χ0v) is 15.5. The minimum absolute atomic E-state index is 0.0823. The van der Waals surface area contributed by atoms with Crippen LogP contribution in [0.2, 0.25) is 0 Å². The van der Waals surface area contributed by atoms with Crippen LogP contribution >= 0.6 is 0 Å². The molecule has 1 atom stereocenters. The molecule has 1 unspecified atom stereocenters. The van der Waals surface area contributed by atoms with Crippen LogP contribution in [0.3, 0.4) is 0 Å². The fraction of sp³-hybridized carbons (Fsp3) is 0.381. The molecule has 0 fully saturated rings. The fourth-order valence-corrected chi connectivity index (χ4v) is 3.09. The molecule has 0 radical (unpaired) electrons. The standard InChI is InChI=1S/C21H25FN2O3/c1-2-12-24(13-11-21(25)23-18-8-4-3-7-17(18)22)14-16-15-26-19-9-5-6-10-20(19)27-16/h3-10,16H,2,11-15H2,1H3,(H,23,25). The van der Waals surface area contributed by atoms with Crippen molar-refractivity contribution in [3.8, 4) is 11.5 Å². The summed E-state index contributed by atoms with van der Waals surface area (Å²) < 4.78 is 25.4. The molecule has 0 saturated carbocycles. The molecule has 0 spiro atoms. The molecule has 144 valence electrons. The van der Waals surface area contributed by atoms with Crippen LogP contribution in [0, 0.1) is 5.82 Å². The van der Waals surface area contributed by atoms with E-state index in [9.17, 15) is 9.18 Å². The fourth-order valence-electron chi connectivity index (χ4n) is 3.09. The Bertz CT molecular complexity index is 769. The number of benzene rings is 2. The Morgan fingerprint density at radius 3 is 2.67 bits per heavy atom. The van der Waals surface area contributed by atoms with E-state index in [4.69, 9.17) is 9.47 Å². The van der Waals surface area contributed by atoms with E-state index >= 15 is 0 Å². The third-order valence-corrected chi connectivity index (χ3v) is 4.37. The van der Waals surface area contributed by atoms with E-state index in [1.54, 1.807) is 18.2 Å². The van der Waals surface area contributed by atoms with Crippen molar-refractivity contribution in [2.24, 2.45) is 0 Å². The van der Waals surface area contributed by atoms with Gasteiger partial charge < -0.3 is 14.8 Å². The predicted octanol–water partition coefficient (Wildman–Crippen LogP) is 3.71. The number of hydrogen-bond donors (Lipinski definition) is 1. The highest BCUT2D eigenvalue weighted by Gasteiger charge is 2.23. The zero-order valence-electron chi connectivity index (χ0n) is 15.5. The lowest BCUT2D eigenvalue weighted by Gasteiger charge is -2.31. The van der Waals surface area contributed by atoms with E-state index in [2.05, 4.69) is 17.1 Å². The molecule has 27 heavy (non-hydrogen) atoms. The van der Waals surface area contributed by atoms with Gasteiger partial charge in [-0.2, -0.15) is 0 Å². The van der Waals surface area contributed by atoms with Crippen LogP contribution in [0.25, 0.3) is 0 Å². The molecule has 0 aromatic heterocycles. The van der Waals surface area contributed by atoms with E-state index < -0.39 is 5.82 Å². The van der Waals surface area contributed by atoms with Crippen LogP contribution in [0.5, 0.6) is 11.5 Å². The molecular formula is C21H25FN2O3. The van der Waals surface area contributed by atoms with Crippen molar-refractivity contribution >= 4 is 11.6 Å². The van der Waals surface area contributed by atoms with E-state index in [0.29, 0.717) is 26.1 Å². The number of hydrogen-bond acceptors (Lipinski definition) is 4. The average molecular weight is 372 g/mol. The summed E-state index contributed by atoms with van der Waals surface area (Å²) in [5.41, 5.74) is 0.213. The van der Waals surface area contributed by atoms with Crippen molar-refractivity contribution in [2.45, 2.75) is 25.9 Å². The molecule has 2 aromatic rings. The van der Waals surface area contributed by atoms with Crippen LogP contribution in [0.1, 0.15) is 19.8 Å². The maximum Gasteiger partial charge on any atom is 0.225 e. The maximum atomic E-state index is 13.6. The Morgan fingerprint density at radius 2 is 1.89 bits per heavy atom. The molecule has 1 aliphatic rings. The minimum Gasteiger partial charge on any atom is -0.486 e.